The molecule has 0 unspecified atom stereocenters. The summed E-state index contributed by atoms with van der Waals surface area (Å²) >= 11 is 5.95. The van der Waals surface area contributed by atoms with Crippen molar-refractivity contribution in [2.24, 2.45) is 0 Å². The fourth-order valence-electron chi connectivity index (χ4n) is 2.37. The second kappa shape index (κ2) is 8.22. The summed E-state index contributed by atoms with van der Waals surface area (Å²) in [5.41, 5.74) is 0.540. The zero-order valence-electron chi connectivity index (χ0n) is 14.0. The summed E-state index contributed by atoms with van der Waals surface area (Å²) in [7, 11) is 0. The van der Waals surface area contributed by atoms with E-state index in [1.54, 1.807) is 6.07 Å². The van der Waals surface area contributed by atoms with Crippen molar-refractivity contribution in [2.45, 2.75) is 12.6 Å². The van der Waals surface area contributed by atoms with Crippen LogP contribution in [0.25, 0.3) is 0 Å². The third-order valence-corrected chi connectivity index (χ3v) is 3.85. The Kier molecular flexibility index (Phi) is 5.75. The summed E-state index contributed by atoms with van der Waals surface area (Å²) in [6.45, 7) is 0.585. The topological polar surface area (TPSA) is 62.7 Å². The number of halogens is 4. The summed E-state index contributed by atoms with van der Waals surface area (Å²) in [6.07, 6.45) is -2.25. The number of benzene rings is 2. The molecule has 0 bridgehead atoms. The van der Waals surface area contributed by atoms with Crippen molar-refractivity contribution >= 4 is 29.1 Å². The van der Waals surface area contributed by atoms with Crippen molar-refractivity contribution in [2.75, 3.05) is 17.2 Å². The van der Waals surface area contributed by atoms with Crippen LogP contribution in [0.2, 0.25) is 5.02 Å². The Labute approximate surface area is 158 Å². The van der Waals surface area contributed by atoms with Gasteiger partial charge in [0.15, 0.2) is 5.82 Å². The van der Waals surface area contributed by atoms with Crippen LogP contribution < -0.4 is 10.6 Å². The van der Waals surface area contributed by atoms with E-state index in [1.807, 2.05) is 18.2 Å². The van der Waals surface area contributed by atoms with Gasteiger partial charge >= 0.3 is 6.18 Å². The van der Waals surface area contributed by atoms with Crippen LogP contribution in [0.5, 0.6) is 0 Å². The van der Waals surface area contributed by atoms with E-state index in [2.05, 4.69) is 25.8 Å². The normalized spacial score (nSPS) is 11.3. The maximum absolute atomic E-state index is 12.8. The molecule has 0 fully saturated rings. The van der Waals surface area contributed by atoms with Crippen LogP contribution >= 0.6 is 11.6 Å². The smallest absolute Gasteiger partial charge is 0.368 e. The lowest BCUT2D eigenvalue weighted by Crippen LogP contribution is -2.09. The molecule has 1 heterocycles. The van der Waals surface area contributed by atoms with Crippen molar-refractivity contribution in [3.05, 3.63) is 70.9 Å². The molecule has 2 aromatic carbocycles. The standard InChI is InChI=1S/C18H15ClF3N5/c19-14-5-1-3-12(9-14)7-8-23-16-11-24-27-17(26-16)25-15-6-2-4-13(10-15)18(20,21)22/h1-6,9-11H,7-8H2,(H2,23,25,26,27). The van der Waals surface area contributed by atoms with Gasteiger partial charge in [-0.05, 0) is 42.3 Å². The van der Waals surface area contributed by atoms with Gasteiger partial charge in [0.05, 0.1) is 11.8 Å². The summed E-state index contributed by atoms with van der Waals surface area (Å²) < 4.78 is 38.4. The van der Waals surface area contributed by atoms with Crippen molar-refractivity contribution in [1.29, 1.82) is 0 Å². The van der Waals surface area contributed by atoms with Gasteiger partial charge in [-0.15, -0.1) is 5.10 Å². The first kappa shape index (κ1) is 18.9. The Hall–Kier alpha value is -2.87. The average Bonchev–Trinajstić information content (AvgIpc) is 2.62. The monoisotopic (exact) mass is 393 g/mol. The van der Waals surface area contributed by atoms with Gasteiger partial charge in [0.1, 0.15) is 0 Å². The highest BCUT2D eigenvalue weighted by molar-refractivity contribution is 6.30. The molecule has 0 radical (unpaired) electrons. The number of anilines is 3. The van der Waals surface area contributed by atoms with Crippen molar-refractivity contribution in [3.63, 3.8) is 0 Å². The van der Waals surface area contributed by atoms with Crippen LogP contribution in [0.4, 0.5) is 30.6 Å². The van der Waals surface area contributed by atoms with Gasteiger partial charge in [-0.2, -0.15) is 23.3 Å². The highest BCUT2D eigenvalue weighted by Gasteiger charge is 2.30. The minimum atomic E-state index is -4.42. The van der Waals surface area contributed by atoms with Crippen LogP contribution in [0.3, 0.4) is 0 Å². The minimum absolute atomic E-state index is 0.0991. The quantitative estimate of drug-likeness (QED) is 0.621. The molecule has 0 saturated carbocycles. The highest BCUT2D eigenvalue weighted by atomic mass is 35.5. The summed E-state index contributed by atoms with van der Waals surface area (Å²) in [5, 5.41) is 14.1. The molecule has 1 aromatic heterocycles. The Bertz CT molecular complexity index is 917. The maximum Gasteiger partial charge on any atom is 0.416 e. The van der Waals surface area contributed by atoms with Crippen molar-refractivity contribution in [3.8, 4) is 0 Å². The van der Waals surface area contributed by atoms with Gasteiger partial charge in [-0.3, -0.25) is 0 Å². The van der Waals surface area contributed by atoms with Gasteiger partial charge in [0, 0.05) is 17.3 Å². The molecule has 0 aliphatic rings. The Morgan fingerprint density at radius 3 is 2.63 bits per heavy atom. The third-order valence-electron chi connectivity index (χ3n) is 3.61. The molecule has 3 aromatic rings. The molecule has 0 saturated heterocycles. The number of aromatic nitrogens is 3. The van der Waals surface area contributed by atoms with Gasteiger partial charge in [0.25, 0.3) is 0 Å². The lowest BCUT2D eigenvalue weighted by Gasteiger charge is -2.10. The van der Waals surface area contributed by atoms with E-state index < -0.39 is 11.7 Å². The zero-order valence-corrected chi connectivity index (χ0v) is 14.7. The summed E-state index contributed by atoms with van der Waals surface area (Å²) in [6, 6.07) is 12.3. The summed E-state index contributed by atoms with van der Waals surface area (Å²) in [5.74, 6) is 0.559. The number of rotatable bonds is 6. The molecular formula is C18H15ClF3N5. The molecule has 0 aliphatic carbocycles. The van der Waals surface area contributed by atoms with E-state index in [9.17, 15) is 13.2 Å². The Balaban J connectivity index is 1.62. The van der Waals surface area contributed by atoms with Crippen LogP contribution in [0.15, 0.2) is 54.7 Å². The molecule has 0 amide bonds. The van der Waals surface area contributed by atoms with E-state index in [1.165, 1.54) is 18.3 Å². The first-order chi connectivity index (χ1) is 12.9. The predicted octanol–water partition coefficient (Wildman–Crippen LogP) is 4.94. The molecule has 140 valence electrons. The van der Waals surface area contributed by atoms with Gasteiger partial charge in [0.2, 0.25) is 5.95 Å². The Morgan fingerprint density at radius 2 is 1.85 bits per heavy atom. The summed E-state index contributed by atoms with van der Waals surface area (Å²) in [4.78, 5) is 4.21. The van der Waals surface area contributed by atoms with Crippen LogP contribution in [0, 0.1) is 0 Å². The molecule has 0 spiro atoms. The fourth-order valence-corrected chi connectivity index (χ4v) is 2.58. The Morgan fingerprint density at radius 1 is 1.04 bits per heavy atom. The van der Waals surface area contributed by atoms with E-state index in [4.69, 9.17) is 11.6 Å². The lowest BCUT2D eigenvalue weighted by molar-refractivity contribution is -0.137. The lowest BCUT2D eigenvalue weighted by atomic mass is 10.1. The van der Waals surface area contributed by atoms with Crippen LogP contribution in [-0.4, -0.2) is 21.7 Å². The predicted molar refractivity (Wildman–Crippen MR) is 98.2 cm³/mol. The average molecular weight is 394 g/mol. The van der Waals surface area contributed by atoms with E-state index in [0.717, 1.165) is 24.1 Å². The first-order valence-corrected chi connectivity index (χ1v) is 8.40. The molecule has 0 aliphatic heterocycles. The van der Waals surface area contributed by atoms with Gasteiger partial charge < -0.3 is 10.6 Å². The number of hydrogen-bond donors (Lipinski definition) is 2. The number of alkyl halides is 3. The van der Waals surface area contributed by atoms with E-state index in [-0.39, 0.29) is 11.6 Å². The van der Waals surface area contributed by atoms with Crippen LogP contribution in [0.1, 0.15) is 11.1 Å². The minimum Gasteiger partial charge on any atom is -0.368 e. The zero-order chi connectivity index (χ0) is 19.3. The molecule has 9 heteroatoms. The van der Waals surface area contributed by atoms with E-state index >= 15 is 0 Å². The van der Waals surface area contributed by atoms with Crippen LogP contribution in [-0.2, 0) is 12.6 Å². The number of hydrogen-bond acceptors (Lipinski definition) is 5. The number of nitrogens with zero attached hydrogens (tertiary/aromatic N) is 3. The second-order valence-corrected chi connectivity index (χ2v) is 6.11. The number of nitrogens with one attached hydrogen (secondary N) is 2. The van der Waals surface area contributed by atoms with Gasteiger partial charge in [-0.25, -0.2) is 0 Å². The second-order valence-electron chi connectivity index (χ2n) is 5.68. The third kappa shape index (κ3) is 5.55. The molecule has 5 nitrogen and oxygen atoms in total. The van der Waals surface area contributed by atoms with Crippen molar-refractivity contribution in [1.82, 2.24) is 15.2 Å². The highest BCUT2D eigenvalue weighted by Crippen LogP contribution is 2.31. The maximum atomic E-state index is 12.8. The molecular weight excluding hydrogens is 379 g/mol. The first-order valence-electron chi connectivity index (χ1n) is 8.02. The van der Waals surface area contributed by atoms with E-state index in [0.29, 0.717) is 17.4 Å². The molecule has 3 rings (SSSR count). The SMILES string of the molecule is FC(F)(F)c1cccc(Nc2nncc(NCCc3cccc(Cl)c3)n2)c1. The molecule has 0 atom stereocenters. The fraction of sp³-hybridized carbons (Fsp3) is 0.167. The molecule has 2 N–H and O–H groups in total. The van der Waals surface area contributed by atoms with Crippen molar-refractivity contribution < 1.29 is 13.2 Å². The largest absolute Gasteiger partial charge is 0.416 e. The molecule has 27 heavy (non-hydrogen) atoms. The van der Waals surface area contributed by atoms with Gasteiger partial charge in [-0.1, -0.05) is 29.8 Å².